The number of hydrogen-bond acceptors (Lipinski definition) is 3. The van der Waals surface area contributed by atoms with Gasteiger partial charge in [-0.05, 0) is 39.2 Å². The highest BCUT2D eigenvalue weighted by Gasteiger charge is 2.11. The van der Waals surface area contributed by atoms with Gasteiger partial charge in [-0.1, -0.05) is 24.3 Å². The number of thiophene rings is 1. The summed E-state index contributed by atoms with van der Waals surface area (Å²) >= 11 is 1.84. The van der Waals surface area contributed by atoms with E-state index in [4.69, 9.17) is 0 Å². The Labute approximate surface area is 116 Å². The number of rotatable bonds is 2. The maximum Gasteiger partial charge on any atom is 0.0870 e. The molecule has 1 aliphatic rings. The molecule has 19 heavy (non-hydrogen) atoms. The second-order valence-electron chi connectivity index (χ2n) is 4.85. The lowest BCUT2D eigenvalue weighted by Crippen LogP contribution is -2.20. The Morgan fingerprint density at radius 1 is 1.16 bits per heavy atom. The fourth-order valence-corrected chi connectivity index (χ4v) is 3.68. The second-order valence-corrected chi connectivity index (χ2v) is 5.76. The molecule has 4 rings (SSSR count). The molecule has 3 heteroatoms. The SMILES string of the molecule is C1=CN(Cc2cc3ccccc3c3sccc23)CN1. The van der Waals surface area contributed by atoms with Crippen molar-refractivity contribution in [3.05, 3.63) is 59.7 Å². The van der Waals surface area contributed by atoms with Crippen molar-refractivity contribution in [2.45, 2.75) is 6.54 Å². The Kier molecular flexibility index (Phi) is 2.45. The molecule has 0 radical (unpaired) electrons. The fraction of sp³-hybridized carbons (Fsp3) is 0.125. The van der Waals surface area contributed by atoms with Gasteiger partial charge in [0, 0.05) is 23.6 Å². The first-order chi connectivity index (χ1) is 9.42. The van der Waals surface area contributed by atoms with E-state index < -0.39 is 0 Å². The summed E-state index contributed by atoms with van der Waals surface area (Å²) in [7, 11) is 0. The first-order valence-electron chi connectivity index (χ1n) is 6.44. The Balaban J connectivity index is 1.91. The van der Waals surface area contributed by atoms with Gasteiger partial charge < -0.3 is 10.2 Å². The third-order valence-electron chi connectivity index (χ3n) is 3.62. The van der Waals surface area contributed by atoms with Gasteiger partial charge in [0.25, 0.3) is 0 Å². The highest BCUT2D eigenvalue weighted by atomic mass is 32.1. The summed E-state index contributed by atoms with van der Waals surface area (Å²) < 4.78 is 1.41. The first-order valence-corrected chi connectivity index (χ1v) is 7.32. The van der Waals surface area contributed by atoms with Crippen LogP contribution in [0.15, 0.2) is 54.2 Å². The zero-order chi connectivity index (χ0) is 12.7. The van der Waals surface area contributed by atoms with E-state index >= 15 is 0 Å². The van der Waals surface area contributed by atoms with Gasteiger partial charge in [0.05, 0.1) is 6.67 Å². The molecule has 1 aromatic heterocycles. The largest absolute Gasteiger partial charge is 0.373 e. The minimum Gasteiger partial charge on any atom is -0.373 e. The molecule has 0 saturated carbocycles. The maximum atomic E-state index is 3.22. The smallest absolute Gasteiger partial charge is 0.0870 e. The molecule has 0 spiro atoms. The van der Waals surface area contributed by atoms with Crippen LogP contribution in [0.25, 0.3) is 20.9 Å². The summed E-state index contributed by atoms with van der Waals surface area (Å²) in [6.07, 6.45) is 4.12. The topological polar surface area (TPSA) is 15.3 Å². The molecule has 0 fully saturated rings. The minimum atomic E-state index is 0.901. The average Bonchev–Trinajstić information content (AvgIpc) is 3.09. The quantitative estimate of drug-likeness (QED) is 0.757. The summed E-state index contributed by atoms with van der Waals surface area (Å²) in [4.78, 5) is 2.29. The Hall–Kier alpha value is -2.00. The summed E-state index contributed by atoms with van der Waals surface area (Å²) in [6.45, 7) is 1.86. The lowest BCUT2D eigenvalue weighted by molar-refractivity contribution is 0.386. The Morgan fingerprint density at radius 2 is 2.11 bits per heavy atom. The first kappa shape index (κ1) is 10.9. The van der Waals surface area contributed by atoms with Crippen LogP contribution in [0.5, 0.6) is 0 Å². The summed E-state index contributed by atoms with van der Waals surface area (Å²) in [5.74, 6) is 0. The molecule has 0 aliphatic carbocycles. The van der Waals surface area contributed by atoms with Crippen molar-refractivity contribution in [3.63, 3.8) is 0 Å². The summed E-state index contributed by atoms with van der Waals surface area (Å²) in [5, 5.41) is 9.51. The van der Waals surface area contributed by atoms with Crippen molar-refractivity contribution in [2.24, 2.45) is 0 Å². The van der Waals surface area contributed by atoms with Crippen LogP contribution >= 0.6 is 11.3 Å². The molecule has 0 unspecified atom stereocenters. The van der Waals surface area contributed by atoms with Crippen LogP contribution < -0.4 is 5.32 Å². The van der Waals surface area contributed by atoms with Gasteiger partial charge >= 0.3 is 0 Å². The van der Waals surface area contributed by atoms with Crippen molar-refractivity contribution >= 4 is 32.2 Å². The van der Waals surface area contributed by atoms with Crippen molar-refractivity contribution < 1.29 is 0 Å². The van der Waals surface area contributed by atoms with E-state index in [1.165, 1.54) is 26.4 Å². The van der Waals surface area contributed by atoms with E-state index in [2.05, 4.69) is 58.2 Å². The van der Waals surface area contributed by atoms with Gasteiger partial charge in [0.1, 0.15) is 0 Å². The summed E-state index contributed by atoms with van der Waals surface area (Å²) in [5.41, 5.74) is 1.41. The van der Waals surface area contributed by atoms with Gasteiger partial charge in [0.2, 0.25) is 0 Å². The van der Waals surface area contributed by atoms with Crippen LogP contribution in [0, 0.1) is 0 Å². The molecule has 1 N–H and O–H groups in total. The van der Waals surface area contributed by atoms with Crippen LogP contribution in [0.3, 0.4) is 0 Å². The van der Waals surface area contributed by atoms with Gasteiger partial charge in [-0.25, -0.2) is 0 Å². The minimum absolute atomic E-state index is 0.901. The number of benzene rings is 2. The standard InChI is InChI=1S/C16H14N2S/c1-2-4-14-12(3-1)9-13(10-18-7-6-17-11-18)15-5-8-19-16(14)15/h1-9,17H,10-11H2. The highest BCUT2D eigenvalue weighted by Crippen LogP contribution is 2.33. The number of nitrogens with one attached hydrogen (secondary N) is 1. The van der Waals surface area contributed by atoms with Gasteiger partial charge in [-0.3, -0.25) is 0 Å². The molecule has 0 saturated heterocycles. The number of fused-ring (bicyclic) bond motifs is 3. The maximum absolute atomic E-state index is 3.22. The lowest BCUT2D eigenvalue weighted by atomic mass is 10.0. The molecular formula is C16H14N2S. The predicted octanol–water partition coefficient (Wildman–Crippen LogP) is 3.89. The number of nitrogens with zero attached hydrogens (tertiary/aromatic N) is 1. The van der Waals surface area contributed by atoms with Crippen LogP contribution in [0.2, 0.25) is 0 Å². The van der Waals surface area contributed by atoms with E-state index in [1.54, 1.807) is 0 Å². The monoisotopic (exact) mass is 266 g/mol. The molecule has 2 aromatic carbocycles. The van der Waals surface area contributed by atoms with Gasteiger partial charge in [-0.2, -0.15) is 0 Å². The van der Waals surface area contributed by atoms with Crippen molar-refractivity contribution in [1.82, 2.24) is 10.2 Å². The molecule has 2 nitrogen and oxygen atoms in total. The molecule has 3 aromatic rings. The van der Waals surface area contributed by atoms with Crippen molar-refractivity contribution in [2.75, 3.05) is 6.67 Å². The molecule has 2 heterocycles. The van der Waals surface area contributed by atoms with Crippen molar-refractivity contribution in [1.29, 1.82) is 0 Å². The molecule has 94 valence electrons. The van der Waals surface area contributed by atoms with E-state index in [-0.39, 0.29) is 0 Å². The molecule has 0 bridgehead atoms. The highest BCUT2D eigenvalue weighted by molar-refractivity contribution is 7.18. The van der Waals surface area contributed by atoms with E-state index in [0.29, 0.717) is 0 Å². The fourth-order valence-electron chi connectivity index (χ4n) is 2.70. The average molecular weight is 266 g/mol. The molecular weight excluding hydrogens is 252 g/mol. The predicted molar refractivity (Wildman–Crippen MR) is 82.0 cm³/mol. The number of hydrogen-bond donors (Lipinski definition) is 1. The van der Waals surface area contributed by atoms with Crippen LogP contribution in [0.1, 0.15) is 5.56 Å². The van der Waals surface area contributed by atoms with Gasteiger partial charge in [-0.15, -0.1) is 11.3 Å². The normalized spacial score (nSPS) is 14.4. The molecule has 1 aliphatic heterocycles. The van der Waals surface area contributed by atoms with E-state index in [1.807, 2.05) is 17.5 Å². The van der Waals surface area contributed by atoms with Crippen LogP contribution in [0.4, 0.5) is 0 Å². The van der Waals surface area contributed by atoms with E-state index in [0.717, 1.165) is 13.2 Å². The zero-order valence-electron chi connectivity index (χ0n) is 10.5. The lowest BCUT2D eigenvalue weighted by Gasteiger charge is -2.16. The Bertz CT molecular complexity index is 773. The van der Waals surface area contributed by atoms with Crippen LogP contribution in [-0.4, -0.2) is 11.6 Å². The molecule has 0 amide bonds. The van der Waals surface area contributed by atoms with Crippen molar-refractivity contribution in [3.8, 4) is 0 Å². The second kappa shape index (κ2) is 4.28. The molecule has 0 atom stereocenters. The van der Waals surface area contributed by atoms with E-state index in [9.17, 15) is 0 Å². The van der Waals surface area contributed by atoms with Gasteiger partial charge in [0.15, 0.2) is 0 Å². The van der Waals surface area contributed by atoms with Crippen LogP contribution in [-0.2, 0) is 6.54 Å². The summed E-state index contributed by atoms with van der Waals surface area (Å²) in [6, 6.07) is 13.2. The zero-order valence-corrected chi connectivity index (χ0v) is 11.3. The third kappa shape index (κ3) is 1.78. The third-order valence-corrected chi connectivity index (χ3v) is 4.57. The Morgan fingerprint density at radius 3 is 3.00 bits per heavy atom.